The highest BCUT2D eigenvalue weighted by Crippen LogP contribution is 2.08. The van der Waals surface area contributed by atoms with E-state index in [4.69, 9.17) is 21.7 Å². The van der Waals surface area contributed by atoms with Gasteiger partial charge in [0, 0.05) is 0 Å². The second kappa shape index (κ2) is 7.64. The number of rotatable bonds is 8. The van der Waals surface area contributed by atoms with E-state index in [9.17, 15) is 18.8 Å². The van der Waals surface area contributed by atoms with Crippen LogP contribution in [0.3, 0.4) is 0 Å². The molecule has 8 nitrogen and oxygen atoms in total. The number of carbonyl (C=O) groups excluding carboxylic acids is 1. The molecule has 110 valence electrons. The van der Waals surface area contributed by atoms with Gasteiger partial charge in [0.05, 0.1) is 6.04 Å². The van der Waals surface area contributed by atoms with E-state index in [2.05, 4.69) is 5.32 Å². The van der Waals surface area contributed by atoms with Crippen molar-refractivity contribution in [3.8, 4) is 0 Å². The van der Waals surface area contributed by atoms with E-state index < -0.39 is 42.1 Å². The Kier molecular flexibility index (Phi) is 6.94. The normalized spacial score (nSPS) is 17.1. The molecule has 0 saturated heterocycles. The summed E-state index contributed by atoms with van der Waals surface area (Å²) in [6.45, 7) is 1.26. The molecule has 0 aliphatic rings. The van der Waals surface area contributed by atoms with Gasteiger partial charge in [-0.05, 0) is 19.8 Å². The van der Waals surface area contributed by atoms with E-state index >= 15 is 0 Å². The van der Waals surface area contributed by atoms with Gasteiger partial charge in [-0.2, -0.15) is 0 Å². The first-order valence-corrected chi connectivity index (χ1v) is 5.58. The van der Waals surface area contributed by atoms with Crippen LogP contribution < -0.4 is 16.8 Å². The van der Waals surface area contributed by atoms with Crippen molar-refractivity contribution in [3.05, 3.63) is 0 Å². The first-order chi connectivity index (χ1) is 8.66. The quantitative estimate of drug-likeness (QED) is 0.359. The molecule has 0 spiro atoms. The summed E-state index contributed by atoms with van der Waals surface area (Å²) in [4.78, 5) is 32.3. The highest BCUT2D eigenvalue weighted by molar-refractivity contribution is 5.86. The monoisotopic (exact) mass is 279 g/mol. The molecule has 0 saturated carbocycles. The highest BCUT2D eigenvalue weighted by Gasteiger charge is 2.26. The number of halogens is 1. The summed E-state index contributed by atoms with van der Waals surface area (Å²) in [6.07, 6.45) is -2.27. The first kappa shape index (κ1) is 17.3. The topological polar surface area (TPSA) is 156 Å². The van der Waals surface area contributed by atoms with Crippen LogP contribution in [0.15, 0.2) is 0 Å². The van der Waals surface area contributed by atoms with Gasteiger partial charge in [0.2, 0.25) is 5.91 Å². The Morgan fingerprint density at radius 1 is 1.16 bits per heavy atom. The SMILES string of the molecule is C[C@H](NC(=O)[C@@H](N)CCC(F)C(N)C(=O)O)C(=O)O. The van der Waals surface area contributed by atoms with Gasteiger partial charge in [-0.15, -0.1) is 0 Å². The van der Waals surface area contributed by atoms with Gasteiger partial charge in [-0.25, -0.2) is 4.39 Å². The number of hydrogen-bond acceptors (Lipinski definition) is 5. The lowest BCUT2D eigenvalue weighted by Gasteiger charge is -2.17. The molecule has 9 heteroatoms. The van der Waals surface area contributed by atoms with E-state index in [1.165, 1.54) is 6.92 Å². The summed E-state index contributed by atoms with van der Waals surface area (Å²) in [7, 11) is 0. The Morgan fingerprint density at radius 2 is 1.68 bits per heavy atom. The molecule has 2 unspecified atom stereocenters. The molecule has 7 N–H and O–H groups in total. The lowest BCUT2D eigenvalue weighted by Crippen LogP contribution is -2.48. The summed E-state index contributed by atoms with van der Waals surface area (Å²) in [5, 5.41) is 19.2. The minimum absolute atomic E-state index is 0.139. The fourth-order valence-electron chi connectivity index (χ4n) is 1.19. The van der Waals surface area contributed by atoms with Gasteiger partial charge >= 0.3 is 11.9 Å². The standard InChI is InChI=1S/C10H18FN3O5/c1-4(9(16)17)14-8(15)6(12)3-2-5(11)7(13)10(18)19/h4-7H,2-3,12-13H2,1H3,(H,14,15)(H,16,17)(H,18,19)/t4-,5?,6-,7?/m0/s1. The number of aliphatic carboxylic acids is 2. The Balaban J connectivity index is 4.17. The fraction of sp³-hybridized carbons (Fsp3) is 0.700. The maximum atomic E-state index is 13.3. The van der Waals surface area contributed by atoms with Crippen molar-refractivity contribution in [2.75, 3.05) is 0 Å². The summed E-state index contributed by atoms with van der Waals surface area (Å²) in [6, 6.07) is -3.91. The first-order valence-electron chi connectivity index (χ1n) is 5.58. The van der Waals surface area contributed by atoms with Crippen molar-refractivity contribution >= 4 is 17.8 Å². The summed E-state index contributed by atoms with van der Waals surface area (Å²) >= 11 is 0. The number of hydrogen-bond donors (Lipinski definition) is 5. The van der Waals surface area contributed by atoms with Crippen LogP contribution in [0.1, 0.15) is 19.8 Å². The molecular weight excluding hydrogens is 261 g/mol. The van der Waals surface area contributed by atoms with Gasteiger partial charge in [-0.1, -0.05) is 0 Å². The van der Waals surface area contributed by atoms with Crippen molar-refractivity contribution < 1.29 is 29.0 Å². The number of carboxylic acids is 2. The predicted octanol–water partition coefficient (Wildman–Crippen LogP) is -1.57. The molecule has 0 radical (unpaired) electrons. The Bertz CT molecular complexity index is 352. The molecule has 0 bridgehead atoms. The van der Waals surface area contributed by atoms with Crippen molar-refractivity contribution in [3.63, 3.8) is 0 Å². The molecule has 0 rings (SSSR count). The van der Waals surface area contributed by atoms with Gasteiger partial charge in [0.1, 0.15) is 18.3 Å². The number of nitrogens with two attached hydrogens (primary N) is 2. The third-order valence-corrected chi connectivity index (χ3v) is 2.49. The van der Waals surface area contributed by atoms with E-state index in [-0.39, 0.29) is 12.8 Å². The zero-order valence-corrected chi connectivity index (χ0v) is 10.4. The van der Waals surface area contributed by atoms with Crippen molar-refractivity contribution in [2.24, 2.45) is 11.5 Å². The lowest BCUT2D eigenvalue weighted by molar-refractivity contribution is -0.142. The summed E-state index contributed by atoms with van der Waals surface area (Å²) in [5.41, 5.74) is 10.5. The number of carboxylic acid groups (broad SMARTS) is 2. The second-order valence-electron chi connectivity index (χ2n) is 4.13. The van der Waals surface area contributed by atoms with E-state index in [1.807, 2.05) is 0 Å². The van der Waals surface area contributed by atoms with E-state index in [0.29, 0.717) is 0 Å². The predicted molar refractivity (Wildman–Crippen MR) is 63.0 cm³/mol. The zero-order valence-electron chi connectivity index (χ0n) is 10.4. The summed E-state index contributed by atoms with van der Waals surface area (Å²) < 4.78 is 13.3. The van der Waals surface area contributed by atoms with Crippen molar-refractivity contribution in [1.29, 1.82) is 0 Å². The average molecular weight is 279 g/mol. The van der Waals surface area contributed by atoms with Crippen LogP contribution in [0.2, 0.25) is 0 Å². The highest BCUT2D eigenvalue weighted by atomic mass is 19.1. The van der Waals surface area contributed by atoms with E-state index in [0.717, 1.165) is 0 Å². The molecule has 0 fully saturated rings. The zero-order chi connectivity index (χ0) is 15.2. The number of amides is 1. The minimum atomic E-state index is -1.83. The lowest BCUT2D eigenvalue weighted by atomic mass is 10.0. The third kappa shape index (κ3) is 6.11. The van der Waals surface area contributed by atoms with Crippen LogP contribution in [0.25, 0.3) is 0 Å². The van der Waals surface area contributed by atoms with Crippen LogP contribution >= 0.6 is 0 Å². The second-order valence-corrected chi connectivity index (χ2v) is 4.13. The molecular formula is C10H18FN3O5. The Morgan fingerprint density at radius 3 is 2.11 bits per heavy atom. The molecule has 19 heavy (non-hydrogen) atoms. The Labute approximate surface area is 108 Å². The molecule has 0 aromatic rings. The number of alkyl halides is 1. The van der Waals surface area contributed by atoms with Crippen LogP contribution in [-0.4, -0.2) is 52.4 Å². The third-order valence-electron chi connectivity index (χ3n) is 2.49. The molecule has 4 atom stereocenters. The minimum Gasteiger partial charge on any atom is -0.480 e. The van der Waals surface area contributed by atoms with Crippen molar-refractivity contribution in [2.45, 2.75) is 44.1 Å². The molecule has 0 heterocycles. The fourth-order valence-corrected chi connectivity index (χ4v) is 1.19. The van der Waals surface area contributed by atoms with Gasteiger partial charge < -0.3 is 27.0 Å². The summed E-state index contributed by atoms with van der Waals surface area (Å²) in [5.74, 6) is -3.45. The maximum Gasteiger partial charge on any atom is 0.325 e. The van der Waals surface area contributed by atoms with Gasteiger partial charge in [-0.3, -0.25) is 14.4 Å². The van der Waals surface area contributed by atoms with Gasteiger partial charge in [0.25, 0.3) is 0 Å². The smallest absolute Gasteiger partial charge is 0.325 e. The maximum absolute atomic E-state index is 13.3. The Hall–Kier alpha value is -1.74. The van der Waals surface area contributed by atoms with Crippen LogP contribution in [0, 0.1) is 0 Å². The molecule has 0 aromatic heterocycles. The van der Waals surface area contributed by atoms with Crippen molar-refractivity contribution in [1.82, 2.24) is 5.32 Å². The largest absolute Gasteiger partial charge is 0.480 e. The van der Waals surface area contributed by atoms with Crippen LogP contribution in [0.4, 0.5) is 4.39 Å². The number of carbonyl (C=O) groups is 3. The van der Waals surface area contributed by atoms with Crippen LogP contribution in [0.5, 0.6) is 0 Å². The van der Waals surface area contributed by atoms with Gasteiger partial charge in [0.15, 0.2) is 0 Å². The van der Waals surface area contributed by atoms with Crippen LogP contribution in [-0.2, 0) is 14.4 Å². The number of nitrogens with one attached hydrogen (secondary N) is 1. The average Bonchev–Trinajstić information content (AvgIpc) is 2.33. The molecule has 0 aliphatic carbocycles. The van der Waals surface area contributed by atoms with E-state index in [1.54, 1.807) is 0 Å². The molecule has 1 amide bonds. The molecule has 0 aliphatic heterocycles. The molecule has 0 aromatic carbocycles.